The number of morpholine rings is 1. The second kappa shape index (κ2) is 7.89. The summed E-state index contributed by atoms with van der Waals surface area (Å²) in [6.07, 6.45) is -0.637. The van der Waals surface area contributed by atoms with Gasteiger partial charge >= 0.3 is 0 Å². The van der Waals surface area contributed by atoms with Crippen LogP contribution in [0.1, 0.15) is 18.6 Å². The molecule has 2 rings (SSSR count). The first-order valence-electron chi connectivity index (χ1n) is 7.11. The lowest BCUT2D eigenvalue weighted by Gasteiger charge is -2.29. The van der Waals surface area contributed by atoms with E-state index in [1.807, 2.05) is 31.2 Å². The Morgan fingerprint density at radius 3 is 2.86 bits per heavy atom. The number of nitrogens with one attached hydrogen (secondary N) is 1. The van der Waals surface area contributed by atoms with E-state index in [0.717, 1.165) is 10.0 Å². The number of hydrogen-bond acceptors (Lipinski definition) is 4. The number of nitrogens with zero attached hydrogens (tertiary/aromatic N) is 1. The van der Waals surface area contributed by atoms with Gasteiger partial charge in [-0.05, 0) is 24.6 Å². The Bertz CT molecular complexity index is 478. The van der Waals surface area contributed by atoms with E-state index >= 15 is 0 Å². The molecule has 1 aliphatic heterocycles. The molecule has 1 fully saturated rings. The van der Waals surface area contributed by atoms with Crippen molar-refractivity contribution < 1.29 is 14.6 Å². The van der Waals surface area contributed by atoms with E-state index in [1.165, 1.54) is 0 Å². The molecular formula is C15H21BrN2O3. The van der Waals surface area contributed by atoms with Crippen molar-refractivity contribution in [2.45, 2.75) is 19.1 Å². The van der Waals surface area contributed by atoms with E-state index in [0.29, 0.717) is 32.8 Å². The van der Waals surface area contributed by atoms with Crippen LogP contribution in [-0.2, 0) is 9.53 Å². The average Bonchev–Trinajstić information content (AvgIpc) is 2.52. The molecule has 116 valence electrons. The molecule has 0 spiro atoms. The van der Waals surface area contributed by atoms with Crippen molar-refractivity contribution in [3.8, 4) is 0 Å². The number of rotatable bonds is 5. The van der Waals surface area contributed by atoms with E-state index in [9.17, 15) is 9.90 Å². The zero-order valence-electron chi connectivity index (χ0n) is 12.1. The number of carbonyl (C=O) groups is 1. The van der Waals surface area contributed by atoms with Crippen LogP contribution in [-0.4, -0.2) is 54.8 Å². The van der Waals surface area contributed by atoms with Gasteiger partial charge in [-0.3, -0.25) is 4.79 Å². The van der Waals surface area contributed by atoms with Crippen LogP contribution in [0.3, 0.4) is 0 Å². The number of benzene rings is 1. The maximum absolute atomic E-state index is 12.2. The van der Waals surface area contributed by atoms with E-state index in [2.05, 4.69) is 21.2 Å². The third kappa shape index (κ3) is 4.78. The molecule has 0 aromatic heterocycles. The number of carbonyl (C=O) groups excluding carboxylic acids is 1. The highest BCUT2D eigenvalue weighted by molar-refractivity contribution is 9.10. The van der Waals surface area contributed by atoms with Gasteiger partial charge in [0.1, 0.15) is 0 Å². The van der Waals surface area contributed by atoms with Gasteiger partial charge < -0.3 is 20.1 Å². The van der Waals surface area contributed by atoms with Crippen LogP contribution in [0.4, 0.5) is 0 Å². The van der Waals surface area contributed by atoms with E-state index < -0.39 is 6.10 Å². The number of amides is 1. The van der Waals surface area contributed by atoms with Gasteiger partial charge in [0, 0.05) is 24.1 Å². The largest absolute Gasteiger partial charge is 0.387 e. The molecule has 5 nitrogen and oxygen atoms in total. The summed E-state index contributed by atoms with van der Waals surface area (Å²) in [6, 6.07) is 7.22. The van der Waals surface area contributed by atoms with Crippen molar-refractivity contribution in [2.24, 2.45) is 0 Å². The van der Waals surface area contributed by atoms with Gasteiger partial charge in [0.05, 0.1) is 25.4 Å². The molecule has 21 heavy (non-hydrogen) atoms. The number of halogens is 1. The Kier molecular flexibility index (Phi) is 6.17. The second-order valence-corrected chi connectivity index (χ2v) is 6.05. The van der Waals surface area contributed by atoms with Gasteiger partial charge in [-0.2, -0.15) is 0 Å². The summed E-state index contributed by atoms with van der Waals surface area (Å²) in [5, 5.41) is 13.3. The first-order chi connectivity index (χ1) is 10.1. The number of hydrogen-bond donors (Lipinski definition) is 2. The van der Waals surface area contributed by atoms with Crippen LogP contribution >= 0.6 is 15.9 Å². The van der Waals surface area contributed by atoms with Crippen molar-refractivity contribution in [3.63, 3.8) is 0 Å². The zero-order chi connectivity index (χ0) is 15.2. The molecule has 1 amide bonds. The maximum Gasteiger partial charge on any atom is 0.239 e. The molecule has 0 radical (unpaired) electrons. The molecule has 1 aromatic rings. The fourth-order valence-electron chi connectivity index (χ4n) is 2.27. The van der Waals surface area contributed by atoms with Crippen LogP contribution < -0.4 is 5.32 Å². The molecular weight excluding hydrogens is 336 g/mol. The molecule has 2 unspecified atom stereocenters. The van der Waals surface area contributed by atoms with Crippen LogP contribution in [0.5, 0.6) is 0 Å². The Morgan fingerprint density at radius 1 is 1.48 bits per heavy atom. The fraction of sp³-hybridized carbons (Fsp3) is 0.533. The highest BCUT2D eigenvalue weighted by atomic mass is 79.9. The molecule has 6 heteroatoms. The molecule has 2 atom stereocenters. The summed E-state index contributed by atoms with van der Waals surface area (Å²) in [4.78, 5) is 14.0. The Morgan fingerprint density at radius 2 is 2.19 bits per heavy atom. The number of aliphatic hydroxyl groups is 1. The minimum absolute atomic E-state index is 0.0553. The third-order valence-electron chi connectivity index (χ3n) is 3.54. The maximum atomic E-state index is 12.2. The van der Waals surface area contributed by atoms with Crippen molar-refractivity contribution in [2.75, 3.05) is 32.8 Å². The summed E-state index contributed by atoms with van der Waals surface area (Å²) >= 11 is 3.38. The molecule has 0 bridgehead atoms. The lowest BCUT2D eigenvalue weighted by Crippen LogP contribution is -2.49. The predicted molar refractivity (Wildman–Crippen MR) is 84.0 cm³/mol. The molecule has 1 saturated heterocycles. The SMILES string of the molecule is CC(NCC(O)c1cccc(Br)c1)C(=O)N1CCOCC1. The molecule has 1 aliphatic rings. The van der Waals surface area contributed by atoms with Gasteiger partial charge in [0.25, 0.3) is 0 Å². The Labute approximate surface area is 133 Å². The van der Waals surface area contributed by atoms with Crippen LogP contribution in [0.15, 0.2) is 28.7 Å². The number of aliphatic hydroxyl groups excluding tert-OH is 1. The third-order valence-corrected chi connectivity index (χ3v) is 4.04. The smallest absolute Gasteiger partial charge is 0.239 e. The standard InChI is InChI=1S/C15H21BrN2O3/c1-11(15(20)18-5-7-21-8-6-18)17-10-14(19)12-3-2-4-13(16)9-12/h2-4,9,11,14,17,19H,5-8,10H2,1H3. The molecule has 0 aliphatic carbocycles. The summed E-state index contributed by atoms with van der Waals surface area (Å²) < 4.78 is 6.17. The van der Waals surface area contributed by atoms with Gasteiger partial charge in [0.15, 0.2) is 0 Å². The summed E-state index contributed by atoms with van der Waals surface area (Å²) in [5.74, 6) is 0.0553. The van der Waals surface area contributed by atoms with Crippen LogP contribution in [0.2, 0.25) is 0 Å². The lowest BCUT2D eigenvalue weighted by atomic mass is 10.1. The predicted octanol–water partition coefficient (Wildman–Crippen LogP) is 1.32. The van der Waals surface area contributed by atoms with E-state index in [-0.39, 0.29) is 11.9 Å². The van der Waals surface area contributed by atoms with Crippen LogP contribution in [0.25, 0.3) is 0 Å². The van der Waals surface area contributed by atoms with Crippen molar-refractivity contribution in [3.05, 3.63) is 34.3 Å². The highest BCUT2D eigenvalue weighted by Gasteiger charge is 2.22. The first kappa shape index (κ1) is 16.4. The minimum Gasteiger partial charge on any atom is -0.387 e. The van der Waals surface area contributed by atoms with Crippen LogP contribution in [0, 0.1) is 0 Å². The Balaban J connectivity index is 1.82. The van der Waals surface area contributed by atoms with Gasteiger partial charge in [-0.1, -0.05) is 28.1 Å². The van der Waals surface area contributed by atoms with Crippen molar-refractivity contribution >= 4 is 21.8 Å². The molecule has 2 N–H and O–H groups in total. The summed E-state index contributed by atoms with van der Waals surface area (Å²) in [5.41, 5.74) is 0.822. The van der Waals surface area contributed by atoms with E-state index in [1.54, 1.807) is 4.90 Å². The van der Waals surface area contributed by atoms with Gasteiger partial charge in [-0.25, -0.2) is 0 Å². The topological polar surface area (TPSA) is 61.8 Å². The minimum atomic E-state index is -0.637. The quantitative estimate of drug-likeness (QED) is 0.835. The monoisotopic (exact) mass is 356 g/mol. The van der Waals surface area contributed by atoms with Crippen molar-refractivity contribution in [1.82, 2.24) is 10.2 Å². The number of ether oxygens (including phenoxy) is 1. The fourth-order valence-corrected chi connectivity index (χ4v) is 2.68. The average molecular weight is 357 g/mol. The summed E-state index contributed by atoms with van der Waals surface area (Å²) in [7, 11) is 0. The summed E-state index contributed by atoms with van der Waals surface area (Å²) in [6.45, 7) is 4.63. The second-order valence-electron chi connectivity index (χ2n) is 5.14. The normalized spacial score (nSPS) is 18.3. The highest BCUT2D eigenvalue weighted by Crippen LogP contribution is 2.17. The van der Waals surface area contributed by atoms with Gasteiger partial charge in [0.2, 0.25) is 5.91 Å². The van der Waals surface area contributed by atoms with Crippen molar-refractivity contribution in [1.29, 1.82) is 0 Å². The first-order valence-corrected chi connectivity index (χ1v) is 7.90. The lowest BCUT2D eigenvalue weighted by molar-refractivity contribution is -0.137. The molecule has 0 saturated carbocycles. The van der Waals surface area contributed by atoms with E-state index in [4.69, 9.17) is 4.74 Å². The Hall–Kier alpha value is -0.950. The zero-order valence-corrected chi connectivity index (χ0v) is 13.7. The molecule has 1 aromatic carbocycles. The molecule has 1 heterocycles. The van der Waals surface area contributed by atoms with Gasteiger partial charge in [-0.15, -0.1) is 0 Å².